The number of nitrogen functional groups attached to an aromatic ring is 1. The summed E-state index contributed by atoms with van der Waals surface area (Å²) in [6.07, 6.45) is 4.71. The van der Waals surface area contributed by atoms with Crippen LogP contribution in [0.5, 0.6) is 0 Å². The molecule has 0 bridgehead atoms. The van der Waals surface area contributed by atoms with Crippen LogP contribution in [0.4, 0.5) is 5.82 Å². The zero-order valence-electron chi connectivity index (χ0n) is 7.58. The second-order valence-corrected chi connectivity index (χ2v) is 2.85. The Morgan fingerprint density at radius 3 is 2.86 bits per heavy atom. The Labute approximate surface area is 79.6 Å². The Kier molecular flexibility index (Phi) is 1.81. The summed E-state index contributed by atoms with van der Waals surface area (Å²) in [6, 6.07) is 1.61. The van der Waals surface area contributed by atoms with Gasteiger partial charge in [-0.2, -0.15) is 0 Å². The molecule has 72 valence electrons. The summed E-state index contributed by atoms with van der Waals surface area (Å²) in [5.74, 6) is 0.601. The van der Waals surface area contributed by atoms with E-state index in [4.69, 9.17) is 5.73 Å². The van der Waals surface area contributed by atoms with Crippen LogP contribution in [-0.2, 0) is 7.05 Å². The highest BCUT2D eigenvalue weighted by Crippen LogP contribution is 1.99. The van der Waals surface area contributed by atoms with Crippen molar-refractivity contribution >= 4 is 5.82 Å². The van der Waals surface area contributed by atoms with E-state index in [9.17, 15) is 4.79 Å². The minimum Gasteiger partial charge on any atom is -0.382 e. The summed E-state index contributed by atoms with van der Waals surface area (Å²) in [5.41, 5.74) is 5.22. The molecule has 0 aliphatic carbocycles. The van der Waals surface area contributed by atoms with Crippen LogP contribution < -0.4 is 11.3 Å². The normalized spacial score (nSPS) is 10.4. The lowest BCUT2D eigenvalue weighted by atomic mass is 10.6. The zero-order chi connectivity index (χ0) is 10.1. The van der Waals surface area contributed by atoms with Crippen molar-refractivity contribution in [2.45, 2.75) is 0 Å². The molecule has 0 saturated heterocycles. The maximum atomic E-state index is 11.6. The lowest BCUT2D eigenvalue weighted by molar-refractivity contribution is 0.768. The molecule has 0 aromatic carbocycles. The van der Waals surface area contributed by atoms with Crippen molar-refractivity contribution in [3.05, 3.63) is 35.0 Å². The lowest BCUT2D eigenvalue weighted by Crippen LogP contribution is -2.23. The molecule has 0 unspecified atom stereocenters. The SMILES string of the molecule is Cn1ccnc(-n2ccc(N)n2)c1=O. The van der Waals surface area contributed by atoms with Crippen molar-refractivity contribution in [2.75, 3.05) is 5.73 Å². The van der Waals surface area contributed by atoms with Crippen molar-refractivity contribution in [1.29, 1.82) is 0 Å². The molecule has 0 atom stereocenters. The quantitative estimate of drug-likeness (QED) is 0.662. The van der Waals surface area contributed by atoms with Crippen LogP contribution in [0.25, 0.3) is 5.82 Å². The summed E-state index contributed by atoms with van der Waals surface area (Å²) in [5, 5.41) is 3.90. The Morgan fingerprint density at radius 1 is 1.43 bits per heavy atom. The van der Waals surface area contributed by atoms with Crippen LogP contribution in [0.2, 0.25) is 0 Å². The number of anilines is 1. The molecule has 6 heteroatoms. The minimum atomic E-state index is -0.212. The Morgan fingerprint density at radius 2 is 2.21 bits per heavy atom. The van der Waals surface area contributed by atoms with Gasteiger partial charge in [-0.1, -0.05) is 0 Å². The first-order chi connectivity index (χ1) is 6.68. The molecule has 6 nitrogen and oxygen atoms in total. The van der Waals surface area contributed by atoms with Crippen LogP contribution >= 0.6 is 0 Å². The Balaban J connectivity index is 2.63. The maximum absolute atomic E-state index is 11.6. The molecule has 0 amide bonds. The van der Waals surface area contributed by atoms with E-state index in [0.717, 1.165) is 0 Å². The Bertz CT molecular complexity index is 512. The van der Waals surface area contributed by atoms with Gasteiger partial charge in [0, 0.05) is 31.7 Å². The molecule has 2 rings (SSSR count). The number of nitrogens with two attached hydrogens (primary N) is 1. The van der Waals surface area contributed by atoms with Crippen LogP contribution in [0, 0.1) is 0 Å². The van der Waals surface area contributed by atoms with Gasteiger partial charge in [0.1, 0.15) is 5.82 Å². The van der Waals surface area contributed by atoms with E-state index in [1.165, 1.54) is 15.4 Å². The highest BCUT2D eigenvalue weighted by atomic mass is 16.1. The van der Waals surface area contributed by atoms with E-state index in [1.54, 1.807) is 25.5 Å². The second-order valence-electron chi connectivity index (χ2n) is 2.85. The molecule has 0 fully saturated rings. The van der Waals surface area contributed by atoms with E-state index < -0.39 is 0 Å². The van der Waals surface area contributed by atoms with E-state index in [1.807, 2.05) is 0 Å². The number of hydrogen-bond acceptors (Lipinski definition) is 4. The van der Waals surface area contributed by atoms with E-state index in [2.05, 4.69) is 10.1 Å². The number of rotatable bonds is 1. The maximum Gasteiger partial charge on any atom is 0.295 e. The molecule has 2 aromatic heterocycles. The first-order valence-corrected chi connectivity index (χ1v) is 4.01. The fourth-order valence-electron chi connectivity index (χ4n) is 1.10. The van der Waals surface area contributed by atoms with Crippen molar-refractivity contribution < 1.29 is 0 Å². The molecule has 0 aliphatic rings. The van der Waals surface area contributed by atoms with Gasteiger partial charge in [-0.25, -0.2) is 9.67 Å². The Hall–Kier alpha value is -2.11. The van der Waals surface area contributed by atoms with Gasteiger partial charge >= 0.3 is 0 Å². The van der Waals surface area contributed by atoms with E-state index in [-0.39, 0.29) is 11.4 Å². The molecule has 2 N–H and O–H groups in total. The predicted octanol–water partition coefficient (Wildman–Crippen LogP) is -0.452. The molecule has 0 radical (unpaired) electrons. The molecule has 0 saturated carbocycles. The molecule has 0 aliphatic heterocycles. The summed E-state index contributed by atoms with van der Waals surface area (Å²) in [7, 11) is 1.65. The van der Waals surface area contributed by atoms with Gasteiger partial charge in [-0.05, 0) is 0 Å². The molecular weight excluding hydrogens is 182 g/mol. The van der Waals surface area contributed by atoms with Crippen molar-refractivity contribution in [3.8, 4) is 5.82 Å². The zero-order valence-corrected chi connectivity index (χ0v) is 7.58. The van der Waals surface area contributed by atoms with Gasteiger partial charge in [-0.3, -0.25) is 4.79 Å². The number of nitrogens with zero attached hydrogens (tertiary/aromatic N) is 4. The standard InChI is InChI=1S/C8H9N5O/c1-12-5-3-10-7(8(12)14)13-4-2-6(9)11-13/h2-5H,1H3,(H2,9,11). The van der Waals surface area contributed by atoms with Crippen molar-refractivity contribution in [1.82, 2.24) is 19.3 Å². The largest absolute Gasteiger partial charge is 0.382 e. The van der Waals surface area contributed by atoms with Crippen LogP contribution in [0.15, 0.2) is 29.5 Å². The molecule has 2 heterocycles. The van der Waals surface area contributed by atoms with Gasteiger partial charge < -0.3 is 10.3 Å². The van der Waals surface area contributed by atoms with Crippen LogP contribution in [-0.4, -0.2) is 19.3 Å². The molecule has 14 heavy (non-hydrogen) atoms. The van der Waals surface area contributed by atoms with Gasteiger partial charge in [-0.15, -0.1) is 5.10 Å². The topological polar surface area (TPSA) is 78.7 Å². The minimum absolute atomic E-state index is 0.212. The fourth-order valence-corrected chi connectivity index (χ4v) is 1.10. The average molecular weight is 191 g/mol. The third kappa shape index (κ3) is 1.26. The third-order valence-corrected chi connectivity index (χ3v) is 1.83. The third-order valence-electron chi connectivity index (χ3n) is 1.83. The summed E-state index contributed by atoms with van der Waals surface area (Å²) in [4.78, 5) is 15.5. The van der Waals surface area contributed by atoms with E-state index >= 15 is 0 Å². The summed E-state index contributed by atoms with van der Waals surface area (Å²) >= 11 is 0. The van der Waals surface area contributed by atoms with Gasteiger partial charge in [0.15, 0.2) is 0 Å². The van der Waals surface area contributed by atoms with Crippen molar-refractivity contribution in [2.24, 2.45) is 7.05 Å². The summed E-state index contributed by atoms with van der Waals surface area (Å²) < 4.78 is 2.79. The first kappa shape index (κ1) is 8.49. The first-order valence-electron chi connectivity index (χ1n) is 4.01. The van der Waals surface area contributed by atoms with Gasteiger partial charge in [0.25, 0.3) is 5.56 Å². The van der Waals surface area contributed by atoms with Gasteiger partial charge in [0.2, 0.25) is 5.82 Å². The number of hydrogen-bond donors (Lipinski definition) is 1. The number of aromatic nitrogens is 4. The average Bonchev–Trinajstić information content (AvgIpc) is 2.57. The monoisotopic (exact) mass is 191 g/mol. The number of aryl methyl sites for hydroxylation is 1. The van der Waals surface area contributed by atoms with Crippen LogP contribution in [0.3, 0.4) is 0 Å². The smallest absolute Gasteiger partial charge is 0.295 e. The second kappa shape index (κ2) is 2.99. The fraction of sp³-hybridized carbons (Fsp3) is 0.125. The van der Waals surface area contributed by atoms with Gasteiger partial charge in [0.05, 0.1) is 0 Å². The summed E-state index contributed by atoms with van der Waals surface area (Å²) in [6.45, 7) is 0. The molecular formula is C8H9N5O. The van der Waals surface area contributed by atoms with E-state index in [0.29, 0.717) is 5.82 Å². The highest BCUT2D eigenvalue weighted by molar-refractivity contribution is 5.28. The lowest BCUT2D eigenvalue weighted by Gasteiger charge is -2.00. The predicted molar refractivity (Wildman–Crippen MR) is 51.0 cm³/mol. The molecule has 2 aromatic rings. The highest BCUT2D eigenvalue weighted by Gasteiger charge is 2.05. The van der Waals surface area contributed by atoms with Crippen molar-refractivity contribution in [3.63, 3.8) is 0 Å². The van der Waals surface area contributed by atoms with Crippen LogP contribution in [0.1, 0.15) is 0 Å². The molecule has 0 spiro atoms.